The van der Waals surface area contributed by atoms with Gasteiger partial charge in [0.05, 0.1) is 23.3 Å². The van der Waals surface area contributed by atoms with Crippen molar-refractivity contribution in [1.82, 2.24) is 0 Å². The maximum absolute atomic E-state index is 10.7. The Morgan fingerprint density at radius 3 is 2.65 bits per heavy atom. The van der Waals surface area contributed by atoms with E-state index in [1.807, 2.05) is 13.8 Å². The van der Waals surface area contributed by atoms with Crippen LogP contribution in [0.5, 0.6) is 5.75 Å². The van der Waals surface area contributed by atoms with Crippen LogP contribution in [0.25, 0.3) is 0 Å². The van der Waals surface area contributed by atoms with Gasteiger partial charge >= 0.3 is 5.97 Å². The molecule has 0 aromatic heterocycles. The second-order valence-electron chi connectivity index (χ2n) is 3.71. The second kappa shape index (κ2) is 6.47. The molecule has 0 radical (unpaired) electrons. The number of hydrogen-bond donors (Lipinski definition) is 1. The van der Waals surface area contributed by atoms with Crippen LogP contribution in [0, 0.1) is 0 Å². The smallest absolute Gasteiger partial charge is 0.337 e. The lowest BCUT2D eigenvalue weighted by Crippen LogP contribution is -2.11. The number of halogens is 1. The van der Waals surface area contributed by atoms with Crippen LogP contribution < -0.4 is 4.74 Å². The minimum atomic E-state index is -1.05. The molecule has 0 fully saturated rings. The molecule has 0 bridgehead atoms. The van der Waals surface area contributed by atoms with Crippen LogP contribution in [0.2, 0.25) is 5.02 Å². The fourth-order valence-corrected chi connectivity index (χ4v) is 1.45. The van der Waals surface area contributed by atoms with Crippen molar-refractivity contribution in [1.29, 1.82) is 0 Å². The zero-order valence-electron chi connectivity index (χ0n) is 9.77. The molecule has 0 spiro atoms. The maximum atomic E-state index is 10.7. The molecule has 0 atom stereocenters. The minimum absolute atomic E-state index is 0.0671. The van der Waals surface area contributed by atoms with Crippen molar-refractivity contribution in [3.8, 4) is 5.75 Å². The van der Waals surface area contributed by atoms with Gasteiger partial charge < -0.3 is 14.6 Å². The van der Waals surface area contributed by atoms with E-state index in [4.69, 9.17) is 26.2 Å². The van der Waals surface area contributed by atoms with E-state index in [1.54, 1.807) is 6.07 Å². The highest BCUT2D eigenvalue weighted by molar-refractivity contribution is 6.33. The van der Waals surface area contributed by atoms with E-state index in [1.165, 1.54) is 12.1 Å². The number of hydrogen-bond acceptors (Lipinski definition) is 3. The summed E-state index contributed by atoms with van der Waals surface area (Å²) in [5.41, 5.74) is 0.0671. The van der Waals surface area contributed by atoms with Gasteiger partial charge in [-0.05, 0) is 32.0 Å². The molecule has 1 N–H and O–H groups in total. The Morgan fingerprint density at radius 2 is 2.12 bits per heavy atom. The molecule has 4 nitrogen and oxygen atoms in total. The third kappa shape index (κ3) is 4.63. The van der Waals surface area contributed by atoms with Crippen molar-refractivity contribution in [3.05, 3.63) is 28.8 Å². The summed E-state index contributed by atoms with van der Waals surface area (Å²) in [6.45, 7) is 4.77. The highest BCUT2D eigenvalue weighted by atomic mass is 35.5. The van der Waals surface area contributed by atoms with Gasteiger partial charge in [-0.3, -0.25) is 0 Å². The van der Waals surface area contributed by atoms with Gasteiger partial charge in [0.25, 0.3) is 0 Å². The van der Waals surface area contributed by atoms with E-state index in [-0.39, 0.29) is 16.7 Å². The number of rotatable bonds is 6. The fraction of sp³-hybridized carbons (Fsp3) is 0.417. The standard InChI is InChI=1S/C12H15ClO4/c1-8(2)16-5-6-17-9-3-4-10(12(14)15)11(13)7-9/h3-4,7-8H,5-6H2,1-2H3,(H,14,15). The number of ether oxygens (including phenoxy) is 2. The molecule has 1 rings (SSSR count). The Balaban J connectivity index is 2.50. The van der Waals surface area contributed by atoms with Crippen molar-refractivity contribution >= 4 is 17.6 Å². The summed E-state index contributed by atoms with van der Waals surface area (Å²) in [5, 5.41) is 8.95. The van der Waals surface area contributed by atoms with E-state index in [0.29, 0.717) is 19.0 Å². The normalized spacial score (nSPS) is 10.6. The zero-order valence-corrected chi connectivity index (χ0v) is 10.5. The zero-order chi connectivity index (χ0) is 12.8. The molecule has 0 saturated carbocycles. The van der Waals surface area contributed by atoms with Gasteiger partial charge in [-0.25, -0.2) is 4.79 Å². The van der Waals surface area contributed by atoms with Crippen LogP contribution in [0.1, 0.15) is 24.2 Å². The number of carboxylic acids is 1. The topological polar surface area (TPSA) is 55.8 Å². The Hall–Kier alpha value is -1.26. The predicted octanol–water partition coefficient (Wildman–Crippen LogP) is 2.84. The molecule has 17 heavy (non-hydrogen) atoms. The Kier molecular flexibility index (Phi) is 5.25. The number of benzene rings is 1. The van der Waals surface area contributed by atoms with Gasteiger partial charge in [0.15, 0.2) is 0 Å². The summed E-state index contributed by atoms with van der Waals surface area (Å²) in [5.74, 6) is -0.517. The molecule has 0 aliphatic carbocycles. The lowest BCUT2D eigenvalue weighted by molar-refractivity contribution is 0.0552. The van der Waals surface area contributed by atoms with Crippen molar-refractivity contribution < 1.29 is 19.4 Å². The van der Waals surface area contributed by atoms with E-state index < -0.39 is 5.97 Å². The molecular weight excluding hydrogens is 244 g/mol. The Labute approximate surface area is 105 Å². The van der Waals surface area contributed by atoms with Crippen LogP contribution in [-0.2, 0) is 4.74 Å². The largest absolute Gasteiger partial charge is 0.491 e. The first-order chi connectivity index (χ1) is 8.00. The minimum Gasteiger partial charge on any atom is -0.491 e. The number of carboxylic acid groups (broad SMARTS) is 1. The van der Waals surface area contributed by atoms with Crippen LogP contribution in [0.4, 0.5) is 0 Å². The van der Waals surface area contributed by atoms with Crippen molar-refractivity contribution in [2.45, 2.75) is 20.0 Å². The van der Waals surface area contributed by atoms with Gasteiger partial charge in [0.1, 0.15) is 12.4 Å². The summed E-state index contributed by atoms with van der Waals surface area (Å²) >= 11 is 5.80. The Bertz CT molecular complexity index is 390. The summed E-state index contributed by atoms with van der Waals surface area (Å²) in [6, 6.07) is 4.48. The lowest BCUT2D eigenvalue weighted by Gasteiger charge is -2.09. The monoisotopic (exact) mass is 258 g/mol. The lowest BCUT2D eigenvalue weighted by atomic mass is 10.2. The SMILES string of the molecule is CC(C)OCCOc1ccc(C(=O)O)c(Cl)c1. The molecule has 0 amide bonds. The van der Waals surface area contributed by atoms with Crippen molar-refractivity contribution in [2.24, 2.45) is 0 Å². The molecule has 0 heterocycles. The first kappa shape index (κ1) is 13.8. The molecule has 0 saturated heterocycles. The first-order valence-electron chi connectivity index (χ1n) is 5.28. The van der Waals surface area contributed by atoms with Gasteiger partial charge in [-0.1, -0.05) is 11.6 Å². The second-order valence-corrected chi connectivity index (χ2v) is 4.12. The fourth-order valence-electron chi connectivity index (χ4n) is 1.20. The Morgan fingerprint density at radius 1 is 1.41 bits per heavy atom. The summed E-state index contributed by atoms with van der Waals surface area (Å²) < 4.78 is 10.7. The molecule has 5 heteroatoms. The van der Waals surface area contributed by atoms with E-state index in [9.17, 15) is 4.79 Å². The van der Waals surface area contributed by atoms with Crippen LogP contribution in [0.3, 0.4) is 0 Å². The van der Waals surface area contributed by atoms with E-state index >= 15 is 0 Å². The van der Waals surface area contributed by atoms with Crippen LogP contribution in [-0.4, -0.2) is 30.4 Å². The first-order valence-corrected chi connectivity index (χ1v) is 5.65. The summed E-state index contributed by atoms with van der Waals surface area (Å²) in [7, 11) is 0. The maximum Gasteiger partial charge on any atom is 0.337 e. The quantitative estimate of drug-likeness (QED) is 0.797. The van der Waals surface area contributed by atoms with E-state index in [2.05, 4.69) is 0 Å². The van der Waals surface area contributed by atoms with Crippen molar-refractivity contribution in [2.75, 3.05) is 13.2 Å². The van der Waals surface area contributed by atoms with E-state index in [0.717, 1.165) is 0 Å². The molecule has 0 unspecified atom stereocenters. The third-order valence-electron chi connectivity index (χ3n) is 1.97. The van der Waals surface area contributed by atoms with Gasteiger partial charge in [0, 0.05) is 0 Å². The van der Waals surface area contributed by atoms with Gasteiger partial charge in [-0.15, -0.1) is 0 Å². The molecule has 0 aliphatic heterocycles. The highest BCUT2D eigenvalue weighted by Crippen LogP contribution is 2.22. The molecule has 1 aromatic rings. The summed E-state index contributed by atoms with van der Waals surface area (Å²) in [6.07, 6.45) is 0.163. The summed E-state index contributed by atoms with van der Waals surface area (Å²) in [4.78, 5) is 10.7. The third-order valence-corrected chi connectivity index (χ3v) is 2.29. The van der Waals surface area contributed by atoms with Gasteiger partial charge in [0.2, 0.25) is 0 Å². The number of aromatic carboxylic acids is 1. The van der Waals surface area contributed by atoms with Gasteiger partial charge in [-0.2, -0.15) is 0 Å². The number of carbonyl (C=O) groups is 1. The molecule has 94 valence electrons. The van der Waals surface area contributed by atoms with Crippen LogP contribution in [0.15, 0.2) is 18.2 Å². The average molecular weight is 259 g/mol. The predicted molar refractivity (Wildman–Crippen MR) is 65.0 cm³/mol. The molecular formula is C12H15ClO4. The van der Waals surface area contributed by atoms with Crippen LogP contribution >= 0.6 is 11.6 Å². The molecule has 1 aromatic carbocycles. The molecule has 0 aliphatic rings. The average Bonchev–Trinajstić information content (AvgIpc) is 2.23. The highest BCUT2D eigenvalue weighted by Gasteiger charge is 2.09. The van der Waals surface area contributed by atoms with Crippen molar-refractivity contribution in [3.63, 3.8) is 0 Å².